The zero-order valence-corrected chi connectivity index (χ0v) is 11.1. The van der Waals surface area contributed by atoms with E-state index < -0.39 is 0 Å². The second-order valence-electron chi connectivity index (χ2n) is 5.18. The van der Waals surface area contributed by atoms with Crippen LogP contribution in [-0.2, 0) is 4.74 Å². The number of aromatic nitrogens is 2. The highest BCUT2D eigenvalue weighted by molar-refractivity contribution is 5.37. The summed E-state index contributed by atoms with van der Waals surface area (Å²) in [7, 11) is 0. The van der Waals surface area contributed by atoms with Gasteiger partial charge in [0.2, 0.25) is 0 Å². The van der Waals surface area contributed by atoms with Gasteiger partial charge in [0.1, 0.15) is 0 Å². The van der Waals surface area contributed by atoms with Crippen LogP contribution in [0.1, 0.15) is 23.7 Å². The van der Waals surface area contributed by atoms with Crippen LogP contribution in [0.15, 0.2) is 36.8 Å². The number of ether oxygens (including phenoxy) is 1. The Hall–Kier alpha value is -1.65. The van der Waals surface area contributed by atoms with Gasteiger partial charge in [-0.15, -0.1) is 0 Å². The molecule has 1 saturated heterocycles. The lowest BCUT2D eigenvalue weighted by molar-refractivity contribution is 0.180. The van der Waals surface area contributed by atoms with Gasteiger partial charge in [0.15, 0.2) is 0 Å². The number of benzene rings is 1. The van der Waals surface area contributed by atoms with E-state index in [-0.39, 0.29) is 6.04 Å². The first kappa shape index (κ1) is 12.4. The number of aryl methyl sites for hydroxylation is 1. The van der Waals surface area contributed by atoms with Crippen molar-refractivity contribution in [2.45, 2.75) is 19.4 Å². The second-order valence-corrected chi connectivity index (χ2v) is 5.18. The predicted molar refractivity (Wildman–Crippen MR) is 74.2 cm³/mol. The van der Waals surface area contributed by atoms with E-state index >= 15 is 0 Å². The van der Waals surface area contributed by atoms with E-state index in [1.165, 1.54) is 5.56 Å². The molecule has 2 unspecified atom stereocenters. The van der Waals surface area contributed by atoms with Crippen molar-refractivity contribution in [1.82, 2.24) is 9.55 Å². The van der Waals surface area contributed by atoms with Gasteiger partial charge in [0.05, 0.1) is 30.9 Å². The van der Waals surface area contributed by atoms with Crippen molar-refractivity contribution in [3.63, 3.8) is 0 Å². The summed E-state index contributed by atoms with van der Waals surface area (Å²) in [6.45, 7) is 3.65. The SMILES string of the molecule is Cc1cccc(-n2cncc2C(N)C2CCOC2)c1. The maximum Gasteiger partial charge on any atom is 0.0994 e. The Morgan fingerprint density at radius 2 is 2.37 bits per heavy atom. The van der Waals surface area contributed by atoms with Gasteiger partial charge in [-0.1, -0.05) is 12.1 Å². The Morgan fingerprint density at radius 1 is 1.47 bits per heavy atom. The number of imidazole rings is 1. The number of rotatable bonds is 3. The molecule has 3 rings (SSSR count). The third-order valence-electron chi connectivity index (χ3n) is 3.76. The Bertz CT molecular complexity index is 558. The van der Waals surface area contributed by atoms with E-state index in [0.29, 0.717) is 5.92 Å². The minimum absolute atomic E-state index is 0.0227. The Labute approximate surface area is 113 Å². The molecule has 2 heterocycles. The van der Waals surface area contributed by atoms with Gasteiger partial charge >= 0.3 is 0 Å². The molecular weight excluding hydrogens is 238 g/mol. The van der Waals surface area contributed by atoms with Crippen LogP contribution in [0.5, 0.6) is 0 Å². The van der Waals surface area contributed by atoms with Crippen LogP contribution < -0.4 is 5.73 Å². The molecule has 0 saturated carbocycles. The zero-order valence-electron chi connectivity index (χ0n) is 11.1. The van der Waals surface area contributed by atoms with Crippen molar-refractivity contribution < 1.29 is 4.74 Å². The lowest BCUT2D eigenvalue weighted by atomic mass is 9.97. The molecule has 1 aliphatic rings. The van der Waals surface area contributed by atoms with E-state index in [2.05, 4.69) is 40.7 Å². The van der Waals surface area contributed by atoms with Crippen LogP contribution in [0, 0.1) is 12.8 Å². The van der Waals surface area contributed by atoms with Crippen LogP contribution in [0.3, 0.4) is 0 Å². The van der Waals surface area contributed by atoms with Crippen LogP contribution in [-0.4, -0.2) is 22.8 Å². The molecular formula is C15H19N3O. The van der Waals surface area contributed by atoms with Crippen LogP contribution in [0.4, 0.5) is 0 Å². The molecule has 4 heteroatoms. The quantitative estimate of drug-likeness (QED) is 0.917. The highest BCUT2D eigenvalue weighted by atomic mass is 16.5. The van der Waals surface area contributed by atoms with Crippen molar-refractivity contribution in [1.29, 1.82) is 0 Å². The lowest BCUT2D eigenvalue weighted by Crippen LogP contribution is -2.24. The number of nitrogens with two attached hydrogens (primary N) is 1. The van der Waals surface area contributed by atoms with Crippen molar-refractivity contribution in [3.8, 4) is 5.69 Å². The maximum absolute atomic E-state index is 6.38. The summed E-state index contributed by atoms with van der Waals surface area (Å²) < 4.78 is 7.51. The largest absolute Gasteiger partial charge is 0.381 e. The average molecular weight is 257 g/mol. The summed E-state index contributed by atoms with van der Waals surface area (Å²) >= 11 is 0. The van der Waals surface area contributed by atoms with E-state index in [1.54, 1.807) is 0 Å². The Kier molecular flexibility index (Phi) is 3.36. The van der Waals surface area contributed by atoms with Gasteiger partial charge in [-0.3, -0.25) is 0 Å². The van der Waals surface area contributed by atoms with Crippen LogP contribution in [0.25, 0.3) is 5.69 Å². The Morgan fingerprint density at radius 3 is 3.11 bits per heavy atom. The van der Waals surface area contributed by atoms with E-state index in [1.807, 2.05) is 12.5 Å². The summed E-state index contributed by atoms with van der Waals surface area (Å²) in [4.78, 5) is 4.26. The second kappa shape index (κ2) is 5.15. The average Bonchev–Trinajstić information content (AvgIpc) is 3.09. The fourth-order valence-electron chi connectivity index (χ4n) is 2.62. The van der Waals surface area contributed by atoms with Crippen molar-refractivity contribution in [2.24, 2.45) is 11.7 Å². The fourth-order valence-corrected chi connectivity index (χ4v) is 2.62. The van der Waals surface area contributed by atoms with Gasteiger partial charge in [0, 0.05) is 18.2 Å². The first-order valence-corrected chi connectivity index (χ1v) is 6.68. The van der Waals surface area contributed by atoms with Crippen molar-refractivity contribution in [2.75, 3.05) is 13.2 Å². The standard InChI is InChI=1S/C15H19N3O/c1-11-3-2-4-13(7-11)18-10-17-8-14(18)15(16)12-5-6-19-9-12/h2-4,7-8,10,12,15H,5-6,9,16H2,1H3. The molecule has 4 nitrogen and oxygen atoms in total. The Balaban J connectivity index is 1.93. The first-order valence-electron chi connectivity index (χ1n) is 6.68. The highest BCUT2D eigenvalue weighted by Crippen LogP contribution is 2.28. The highest BCUT2D eigenvalue weighted by Gasteiger charge is 2.26. The molecule has 0 amide bonds. The molecule has 1 aromatic carbocycles. The number of nitrogens with zero attached hydrogens (tertiary/aromatic N) is 2. The molecule has 0 spiro atoms. The zero-order chi connectivity index (χ0) is 13.2. The molecule has 2 N–H and O–H groups in total. The summed E-state index contributed by atoms with van der Waals surface area (Å²) in [6, 6.07) is 8.34. The van der Waals surface area contributed by atoms with E-state index in [4.69, 9.17) is 10.5 Å². The third-order valence-corrected chi connectivity index (χ3v) is 3.76. The predicted octanol–water partition coefficient (Wildman–Crippen LogP) is 2.22. The summed E-state index contributed by atoms with van der Waals surface area (Å²) in [5, 5.41) is 0. The van der Waals surface area contributed by atoms with Crippen LogP contribution >= 0.6 is 0 Å². The summed E-state index contributed by atoms with van der Waals surface area (Å²) in [5.74, 6) is 0.389. The van der Waals surface area contributed by atoms with E-state index in [9.17, 15) is 0 Å². The molecule has 1 fully saturated rings. The monoisotopic (exact) mass is 257 g/mol. The number of hydrogen-bond acceptors (Lipinski definition) is 3. The maximum atomic E-state index is 6.38. The lowest BCUT2D eigenvalue weighted by Gasteiger charge is -2.19. The smallest absolute Gasteiger partial charge is 0.0994 e. The normalized spacial score (nSPS) is 20.6. The van der Waals surface area contributed by atoms with Gasteiger partial charge < -0.3 is 15.0 Å². The molecule has 2 aromatic rings. The first-order chi connectivity index (χ1) is 9.25. The van der Waals surface area contributed by atoms with Crippen LogP contribution in [0.2, 0.25) is 0 Å². The molecule has 0 aliphatic carbocycles. The van der Waals surface area contributed by atoms with Gasteiger partial charge in [-0.25, -0.2) is 4.98 Å². The van der Waals surface area contributed by atoms with Gasteiger partial charge in [0.25, 0.3) is 0 Å². The number of hydrogen-bond donors (Lipinski definition) is 1. The van der Waals surface area contributed by atoms with Gasteiger partial charge in [-0.05, 0) is 31.0 Å². The van der Waals surface area contributed by atoms with E-state index in [0.717, 1.165) is 31.0 Å². The topological polar surface area (TPSA) is 53.1 Å². The molecule has 19 heavy (non-hydrogen) atoms. The molecule has 100 valence electrons. The third kappa shape index (κ3) is 2.41. The fraction of sp³-hybridized carbons (Fsp3) is 0.400. The molecule has 1 aliphatic heterocycles. The molecule has 0 bridgehead atoms. The van der Waals surface area contributed by atoms with Gasteiger partial charge in [-0.2, -0.15) is 0 Å². The minimum Gasteiger partial charge on any atom is -0.381 e. The van der Waals surface area contributed by atoms with Crippen molar-refractivity contribution in [3.05, 3.63) is 48.0 Å². The summed E-state index contributed by atoms with van der Waals surface area (Å²) in [6.07, 6.45) is 4.73. The van der Waals surface area contributed by atoms with Crippen molar-refractivity contribution >= 4 is 0 Å². The molecule has 0 radical (unpaired) electrons. The molecule has 1 aromatic heterocycles. The minimum atomic E-state index is -0.0227. The summed E-state index contributed by atoms with van der Waals surface area (Å²) in [5.41, 5.74) is 9.78. The molecule has 2 atom stereocenters.